The van der Waals surface area contributed by atoms with E-state index >= 15 is 0 Å². The Kier molecular flexibility index (Phi) is 7.84. The van der Waals surface area contributed by atoms with Crippen molar-refractivity contribution in [1.29, 1.82) is 0 Å². The fourth-order valence-corrected chi connectivity index (χ4v) is 4.31. The van der Waals surface area contributed by atoms with E-state index in [1.165, 1.54) is 11.1 Å². The topological polar surface area (TPSA) is 52.6 Å². The van der Waals surface area contributed by atoms with E-state index < -0.39 is 5.92 Å². The van der Waals surface area contributed by atoms with Gasteiger partial charge in [0.15, 0.2) is 0 Å². The van der Waals surface area contributed by atoms with E-state index in [4.69, 9.17) is 0 Å². The maximum Gasteiger partial charge on any atom is 0.227 e. The molecule has 0 aromatic heterocycles. The van der Waals surface area contributed by atoms with Crippen LogP contribution in [0.25, 0.3) is 0 Å². The number of amides is 1. The molecule has 1 atom stereocenters. The number of aromatic hydroxyl groups is 1. The number of benzene rings is 4. The maximum atomic E-state index is 12.8. The Labute approximate surface area is 207 Å². The summed E-state index contributed by atoms with van der Waals surface area (Å²) in [5, 5.41) is 14.0. The zero-order valence-corrected chi connectivity index (χ0v) is 20.3. The summed E-state index contributed by atoms with van der Waals surface area (Å²) in [5.41, 5.74) is 6.04. The molecule has 4 rings (SSSR count). The maximum absolute atomic E-state index is 12.8. The van der Waals surface area contributed by atoms with Crippen LogP contribution in [0.15, 0.2) is 103 Å². The minimum atomic E-state index is -0.469. The number of anilines is 1. The lowest BCUT2D eigenvalue weighted by atomic mass is 9.95. The van der Waals surface area contributed by atoms with Crippen molar-refractivity contribution in [2.75, 3.05) is 4.90 Å². The van der Waals surface area contributed by atoms with Crippen LogP contribution in [0, 0.1) is 6.92 Å². The van der Waals surface area contributed by atoms with Crippen molar-refractivity contribution >= 4 is 11.6 Å². The highest BCUT2D eigenvalue weighted by Crippen LogP contribution is 2.35. The van der Waals surface area contributed by atoms with Crippen LogP contribution in [0.5, 0.6) is 5.75 Å². The average molecular weight is 465 g/mol. The van der Waals surface area contributed by atoms with Gasteiger partial charge in [-0.2, -0.15) is 0 Å². The second kappa shape index (κ2) is 11.4. The fourth-order valence-electron chi connectivity index (χ4n) is 4.31. The second-order valence-corrected chi connectivity index (χ2v) is 8.95. The minimum absolute atomic E-state index is 0.110. The summed E-state index contributed by atoms with van der Waals surface area (Å²) in [6.45, 7) is 5.75. The largest absolute Gasteiger partial charge is 0.508 e. The third-order valence-electron chi connectivity index (χ3n) is 6.29. The minimum Gasteiger partial charge on any atom is -0.508 e. The third-order valence-corrected chi connectivity index (χ3v) is 6.29. The first-order valence-corrected chi connectivity index (χ1v) is 12.0. The van der Waals surface area contributed by atoms with Crippen molar-refractivity contribution in [1.82, 2.24) is 5.32 Å². The molecular formula is C31H32N2O2. The monoisotopic (exact) mass is 464 g/mol. The molecule has 35 heavy (non-hydrogen) atoms. The zero-order chi connectivity index (χ0) is 24.6. The number of carbonyl (C=O) groups excluding carboxylic acids is 1. The summed E-state index contributed by atoms with van der Waals surface area (Å²) in [6.07, 6.45) is 0. The van der Waals surface area contributed by atoms with E-state index in [0.29, 0.717) is 25.2 Å². The molecule has 0 fully saturated rings. The third kappa shape index (κ3) is 6.30. The van der Waals surface area contributed by atoms with E-state index in [1.807, 2.05) is 86.6 Å². The Morgan fingerprint density at radius 3 is 1.80 bits per heavy atom. The molecule has 4 heteroatoms. The Morgan fingerprint density at radius 2 is 1.29 bits per heavy atom. The first kappa shape index (κ1) is 24.1. The van der Waals surface area contributed by atoms with Crippen LogP contribution in [0.2, 0.25) is 0 Å². The molecule has 178 valence electrons. The molecule has 4 aromatic rings. The molecule has 0 saturated heterocycles. The van der Waals surface area contributed by atoms with E-state index in [1.54, 1.807) is 6.07 Å². The van der Waals surface area contributed by atoms with Crippen LogP contribution in [0.4, 0.5) is 5.69 Å². The van der Waals surface area contributed by atoms with E-state index in [0.717, 1.165) is 16.8 Å². The number of nitrogens with one attached hydrogen (secondary N) is 1. The van der Waals surface area contributed by atoms with Gasteiger partial charge in [-0.25, -0.2) is 0 Å². The van der Waals surface area contributed by atoms with Crippen LogP contribution in [0.3, 0.4) is 0 Å². The predicted octanol–water partition coefficient (Wildman–Crippen LogP) is 6.33. The molecule has 0 bridgehead atoms. The zero-order valence-electron chi connectivity index (χ0n) is 20.3. The van der Waals surface area contributed by atoms with Crippen molar-refractivity contribution in [2.45, 2.75) is 39.4 Å². The van der Waals surface area contributed by atoms with Gasteiger partial charge < -0.3 is 15.3 Å². The molecule has 0 aliphatic heterocycles. The number of hydrogen-bond acceptors (Lipinski definition) is 3. The van der Waals surface area contributed by atoms with Crippen molar-refractivity contribution in [3.8, 4) is 5.75 Å². The molecule has 0 heterocycles. The molecule has 0 spiro atoms. The van der Waals surface area contributed by atoms with Gasteiger partial charge in [0, 0.05) is 37.0 Å². The Bertz CT molecular complexity index is 1200. The van der Waals surface area contributed by atoms with Gasteiger partial charge in [-0.15, -0.1) is 0 Å². The lowest BCUT2D eigenvalue weighted by Crippen LogP contribution is -2.28. The van der Waals surface area contributed by atoms with Crippen molar-refractivity contribution in [2.24, 2.45) is 0 Å². The van der Waals surface area contributed by atoms with Gasteiger partial charge >= 0.3 is 0 Å². The van der Waals surface area contributed by atoms with Gasteiger partial charge in [0.1, 0.15) is 5.75 Å². The smallest absolute Gasteiger partial charge is 0.227 e. The lowest BCUT2D eigenvalue weighted by Gasteiger charge is -2.28. The summed E-state index contributed by atoms with van der Waals surface area (Å²) in [4.78, 5) is 15.1. The molecule has 4 nitrogen and oxygen atoms in total. The number of hydrogen-bond donors (Lipinski definition) is 2. The van der Waals surface area contributed by atoms with Gasteiger partial charge in [-0.3, -0.25) is 4.79 Å². The normalized spacial score (nSPS) is 11.6. The quantitative estimate of drug-likeness (QED) is 0.304. The lowest BCUT2D eigenvalue weighted by molar-refractivity contribution is -0.122. The van der Waals surface area contributed by atoms with E-state index in [2.05, 4.69) is 34.5 Å². The Morgan fingerprint density at radius 1 is 0.800 bits per heavy atom. The van der Waals surface area contributed by atoms with Crippen molar-refractivity contribution < 1.29 is 9.90 Å². The van der Waals surface area contributed by atoms with Crippen LogP contribution in [0.1, 0.15) is 40.7 Å². The van der Waals surface area contributed by atoms with Crippen LogP contribution < -0.4 is 10.2 Å². The molecule has 0 radical (unpaired) electrons. The van der Waals surface area contributed by atoms with Crippen LogP contribution >= 0.6 is 0 Å². The highest BCUT2D eigenvalue weighted by atomic mass is 16.3. The van der Waals surface area contributed by atoms with Gasteiger partial charge in [0.05, 0.1) is 5.92 Å². The summed E-state index contributed by atoms with van der Waals surface area (Å²) >= 11 is 0. The standard InChI is InChI=1S/C31H32N2O2/c1-23-18-28(24(2)31(35)32-20-25-12-6-3-7-13-25)30(34)19-29(23)33(21-26-14-8-4-9-15-26)22-27-16-10-5-11-17-27/h3-19,24,34H,20-22H2,1-2H3,(H,32,35). The molecule has 1 amide bonds. The van der Waals surface area contributed by atoms with Gasteiger partial charge in [0.2, 0.25) is 5.91 Å². The SMILES string of the molecule is Cc1cc(C(C)C(=O)NCc2ccccc2)c(O)cc1N(Cc1ccccc1)Cc1ccccc1. The number of phenols is 1. The van der Waals surface area contributed by atoms with Crippen LogP contribution in [-0.4, -0.2) is 11.0 Å². The summed E-state index contributed by atoms with van der Waals surface area (Å²) in [5.74, 6) is -0.441. The number of rotatable bonds is 9. The Balaban J connectivity index is 1.56. The fraction of sp³-hybridized carbons (Fsp3) is 0.194. The number of nitrogens with zero attached hydrogens (tertiary/aromatic N) is 1. The van der Waals surface area contributed by atoms with Crippen LogP contribution in [-0.2, 0) is 24.4 Å². The first-order valence-electron chi connectivity index (χ1n) is 12.0. The summed E-state index contributed by atoms with van der Waals surface area (Å²) in [7, 11) is 0. The van der Waals surface area contributed by atoms with Gasteiger partial charge in [0.25, 0.3) is 0 Å². The molecule has 0 aliphatic rings. The number of phenolic OH excluding ortho intramolecular Hbond substituents is 1. The van der Waals surface area contributed by atoms with E-state index in [-0.39, 0.29) is 11.7 Å². The Hall–Kier alpha value is -4.05. The molecule has 0 aliphatic carbocycles. The summed E-state index contributed by atoms with van der Waals surface area (Å²) < 4.78 is 0. The van der Waals surface area contributed by atoms with Gasteiger partial charge in [-0.05, 0) is 42.2 Å². The highest BCUT2D eigenvalue weighted by Gasteiger charge is 2.21. The highest BCUT2D eigenvalue weighted by molar-refractivity contribution is 5.84. The van der Waals surface area contributed by atoms with E-state index in [9.17, 15) is 9.90 Å². The molecular weight excluding hydrogens is 432 g/mol. The molecule has 2 N–H and O–H groups in total. The predicted molar refractivity (Wildman–Crippen MR) is 142 cm³/mol. The number of carbonyl (C=O) groups is 1. The van der Waals surface area contributed by atoms with Gasteiger partial charge in [-0.1, -0.05) is 91.0 Å². The number of aryl methyl sites for hydroxylation is 1. The average Bonchev–Trinajstić information content (AvgIpc) is 2.89. The molecule has 1 unspecified atom stereocenters. The first-order chi connectivity index (χ1) is 17.0. The second-order valence-electron chi connectivity index (χ2n) is 8.95. The molecule has 4 aromatic carbocycles. The van der Waals surface area contributed by atoms with Crippen molar-refractivity contribution in [3.63, 3.8) is 0 Å². The van der Waals surface area contributed by atoms with Crippen molar-refractivity contribution in [3.05, 3.63) is 131 Å². The molecule has 0 saturated carbocycles. The summed E-state index contributed by atoms with van der Waals surface area (Å²) in [6, 6.07) is 34.2.